The number of nitrogens with zero attached hydrogens (tertiary/aromatic N) is 3. The van der Waals surface area contributed by atoms with Crippen LogP contribution in [-0.2, 0) is 0 Å². The molecule has 0 atom stereocenters. The number of aromatic nitrogens is 3. The van der Waals surface area contributed by atoms with Crippen molar-refractivity contribution in [1.82, 2.24) is 15.0 Å². The zero-order valence-electron chi connectivity index (χ0n) is 27.5. The number of fused-ring (bicyclic) bond motifs is 6. The maximum atomic E-state index is 5.34. The lowest BCUT2D eigenvalue weighted by Crippen LogP contribution is -1.98. The topological polar surface area (TPSA) is 38.7 Å². The van der Waals surface area contributed by atoms with Crippen molar-refractivity contribution in [1.29, 1.82) is 0 Å². The summed E-state index contributed by atoms with van der Waals surface area (Å²) in [7, 11) is 0. The highest BCUT2D eigenvalue weighted by molar-refractivity contribution is 7.26. The third-order valence-corrected chi connectivity index (χ3v) is 10.9. The maximum Gasteiger partial charge on any atom is 0.160 e. The molecule has 0 fully saturated rings. The smallest absolute Gasteiger partial charge is 0.160 e. The molecule has 0 amide bonds. The predicted octanol–water partition coefficient (Wildman–Crippen LogP) is 12.9. The second kappa shape index (κ2) is 12.1. The molecule has 0 spiro atoms. The van der Waals surface area contributed by atoms with Crippen molar-refractivity contribution in [2.45, 2.75) is 0 Å². The molecule has 3 nitrogen and oxygen atoms in total. The lowest BCUT2D eigenvalue weighted by atomic mass is 9.88. The first-order valence-electron chi connectivity index (χ1n) is 17.1. The van der Waals surface area contributed by atoms with Gasteiger partial charge in [0, 0.05) is 38.5 Å². The zero-order valence-corrected chi connectivity index (χ0v) is 28.3. The average Bonchev–Trinajstić information content (AvgIpc) is 3.60. The molecule has 4 heteroatoms. The van der Waals surface area contributed by atoms with Gasteiger partial charge in [-0.25, -0.2) is 9.97 Å². The van der Waals surface area contributed by atoms with E-state index in [1.54, 1.807) is 11.3 Å². The maximum absolute atomic E-state index is 5.34. The Kier molecular flexibility index (Phi) is 7.00. The summed E-state index contributed by atoms with van der Waals surface area (Å²) in [5.41, 5.74) is 10.5. The summed E-state index contributed by atoms with van der Waals surface area (Å²) in [6.45, 7) is 0. The molecule has 0 saturated carbocycles. The van der Waals surface area contributed by atoms with Crippen molar-refractivity contribution in [3.8, 4) is 56.2 Å². The van der Waals surface area contributed by atoms with Gasteiger partial charge in [-0.15, -0.1) is 11.3 Å². The van der Waals surface area contributed by atoms with E-state index in [0.717, 1.165) is 50.3 Å². The Labute approximate surface area is 299 Å². The van der Waals surface area contributed by atoms with Crippen LogP contribution < -0.4 is 0 Å². The first-order valence-corrected chi connectivity index (χ1v) is 17.9. The Morgan fingerprint density at radius 3 is 1.88 bits per heavy atom. The van der Waals surface area contributed by atoms with Crippen LogP contribution in [0.3, 0.4) is 0 Å². The second-order valence-electron chi connectivity index (χ2n) is 12.8. The summed E-state index contributed by atoms with van der Waals surface area (Å²) in [4.78, 5) is 15.3. The number of pyridine rings is 1. The lowest BCUT2D eigenvalue weighted by molar-refractivity contribution is 1.18. The highest BCUT2D eigenvalue weighted by atomic mass is 32.1. The third kappa shape index (κ3) is 5.08. The van der Waals surface area contributed by atoms with Gasteiger partial charge >= 0.3 is 0 Å². The minimum atomic E-state index is 0.697. The Bertz CT molecular complexity index is 2860. The van der Waals surface area contributed by atoms with Crippen molar-refractivity contribution in [2.24, 2.45) is 0 Å². The molecule has 0 N–H and O–H groups in total. The Morgan fingerprint density at radius 2 is 1.06 bits per heavy atom. The molecule has 0 saturated heterocycles. The van der Waals surface area contributed by atoms with Crippen molar-refractivity contribution in [3.05, 3.63) is 176 Å². The van der Waals surface area contributed by atoms with E-state index in [-0.39, 0.29) is 0 Å². The quantitative estimate of drug-likeness (QED) is 0.171. The molecule has 7 aromatic carbocycles. The van der Waals surface area contributed by atoms with Gasteiger partial charge in [-0.1, -0.05) is 140 Å². The first-order chi connectivity index (χ1) is 25.3. The van der Waals surface area contributed by atoms with Crippen LogP contribution in [-0.4, -0.2) is 15.0 Å². The summed E-state index contributed by atoms with van der Waals surface area (Å²) in [5, 5.41) is 6.09. The number of hydrogen-bond donors (Lipinski definition) is 0. The fourth-order valence-electron chi connectivity index (χ4n) is 7.33. The summed E-state index contributed by atoms with van der Waals surface area (Å²) >= 11 is 1.80. The lowest BCUT2D eigenvalue weighted by Gasteiger charge is -2.17. The van der Waals surface area contributed by atoms with Crippen LogP contribution in [0.15, 0.2) is 176 Å². The predicted molar refractivity (Wildman–Crippen MR) is 215 cm³/mol. The summed E-state index contributed by atoms with van der Waals surface area (Å²) < 4.78 is 2.42. The van der Waals surface area contributed by atoms with Gasteiger partial charge in [0.1, 0.15) is 0 Å². The largest absolute Gasteiger partial charge is 0.255 e. The summed E-state index contributed by atoms with van der Waals surface area (Å²) in [6, 6.07) is 60.1. The van der Waals surface area contributed by atoms with Crippen molar-refractivity contribution < 1.29 is 0 Å². The molecule has 0 aliphatic heterocycles. The van der Waals surface area contributed by atoms with Gasteiger partial charge in [-0.2, -0.15) is 0 Å². The van der Waals surface area contributed by atoms with Gasteiger partial charge in [0.2, 0.25) is 0 Å². The van der Waals surface area contributed by atoms with Gasteiger partial charge in [-0.3, -0.25) is 4.98 Å². The normalized spacial score (nSPS) is 11.5. The van der Waals surface area contributed by atoms with Gasteiger partial charge in [0.05, 0.1) is 21.6 Å². The van der Waals surface area contributed by atoms with Crippen LogP contribution in [0.5, 0.6) is 0 Å². The molecular formula is C47H29N3S. The second-order valence-corrected chi connectivity index (χ2v) is 13.8. The number of benzene rings is 7. The fourth-order valence-corrected chi connectivity index (χ4v) is 8.52. The van der Waals surface area contributed by atoms with E-state index in [0.29, 0.717) is 5.82 Å². The fraction of sp³-hybridized carbons (Fsp3) is 0. The number of hydrogen-bond acceptors (Lipinski definition) is 4. The molecule has 0 radical (unpaired) electrons. The van der Waals surface area contributed by atoms with Crippen LogP contribution >= 0.6 is 11.3 Å². The Balaban J connectivity index is 1.29. The highest BCUT2D eigenvalue weighted by Crippen LogP contribution is 2.44. The monoisotopic (exact) mass is 667 g/mol. The van der Waals surface area contributed by atoms with Crippen LogP contribution in [0.1, 0.15) is 0 Å². The van der Waals surface area contributed by atoms with Crippen LogP contribution in [0.4, 0.5) is 0 Å². The van der Waals surface area contributed by atoms with Crippen LogP contribution in [0.25, 0.3) is 98.0 Å². The Morgan fingerprint density at radius 1 is 0.392 bits per heavy atom. The van der Waals surface area contributed by atoms with Crippen molar-refractivity contribution in [2.75, 3.05) is 0 Å². The number of thiophene rings is 1. The molecule has 10 aromatic rings. The molecule has 51 heavy (non-hydrogen) atoms. The standard InChI is InChI=1S/C47H29N3S/c1-3-13-30(14-4-1)42-29-43(50-47(49-42)31-15-5-2-6-16-31)41-28-33(35-25-26-48-45-39-21-11-12-22-44(39)51-46(35)45)23-24-38(41)40-27-32-17-7-8-18-34(32)36-19-9-10-20-37(36)40/h1-29H. The summed E-state index contributed by atoms with van der Waals surface area (Å²) in [6.07, 6.45) is 1.94. The average molecular weight is 668 g/mol. The molecule has 3 heterocycles. The van der Waals surface area contributed by atoms with Gasteiger partial charge < -0.3 is 0 Å². The van der Waals surface area contributed by atoms with E-state index >= 15 is 0 Å². The van der Waals surface area contributed by atoms with E-state index in [1.165, 1.54) is 41.9 Å². The molecule has 10 rings (SSSR count). The molecule has 0 bridgehead atoms. The Hall–Kier alpha value is -6.49. The van der Waals surface area contributed by atoms with Crippen molar-refractivity contribution >= 4 is 53.2 Å². The van der Waals surface area contributed by atoms with E-state index in [1.807, 2.05) is 30.5 Å². The molecule has 238 valence electrons. The first kappa shape index (κ1) is 29.4. The van der Waals surface area contributed by atoms with Crippen molar-refractivity contribution in [3.63, 3.8) is 0 Å². The van der Waals surface area contributed by atoms with E-state index in [2.05, 4.69) is 146 Å². The zero-order chi connectivity index (χ0) is 33.7. The van der Waals surface area contributed by atoms with Crippen LogP contribution in [0.2, 0.25) is 0 Å². The minimum Gasteiger partial charge on any atom is -0.255 e. The van der Waals surface area contributed by atoms with E-state index in [9.17, 15) is 0 Å². The molecule has 0 aliphatic carbocycles. The van der Waals surface area contributed by atoms with Gasteiger partial charge in [-0.05, 0) is 68.6 Å². The number of rotatable bonds is 5. The highest BCUT2D eigenvalue weighted by Gasteiger charge is 2.19. The SMILES string of the molecule is c1ccc(-c2cc(-c3cc(-c4ccnc5c4sc4ccccc45)ccc3-c3cc4ccccc4c4ccccc34)nc(-c3ccccc3)n2)cc1. The van der Waals surface area contributed by atoms with Gasteiger partial charge in [0.25, 0.3) is 0 Å². The van der Waals surface area contributed by atoms with E-state index in [4.69, 9.17) is 15.0 Å². The minimum absolute atomic E-state index is 0.697. The molecule has 3 aromatic heterocycles. The van der Waals surface area contributed by atoms with Gasteiger partial charge in [0.15, 0.2) is 5.82 Å². The molecular weight excluding hydrogens is 639 g/mol. The molecule has 0 aliphatic rings. The van der Waals surface area contributed by atoms with E-state index < -0.39 is 0 Å². The molecule has 0 unspecified atom stereocenters. The summed E-state index contributed by atoms with van der Waals surface area (Å²) in [5.74, 6) is 0.697. The third-order valence-electron chi connectivity index (χ3n) is 9.75. The van der Waals surface area contributed by atoms with Crippen LogP contribution in [0, 0.1) is 0 Å².